The maximum Gasteiger partial charge on any atom is 0.273 e. The third-order valence-electron chi connectivity index (χ3n) is 12.8. The van der Waals surface area contributed by atoms with Crippen molar-refractivity contribution >= 4 is 23.0 Å². The van der Waals surface area contributed by atoms with Gasteiger partial charge in [0.25, 0.3) is 11.4 Å². The molecule has 17 heteroatoms. The summed E-state index contributed by atoms with van der Waals surface area (Å²) in [7, 11) is 0. The molecule has 1 amide bonds. The number of amides is 1. The molecule has 17 nitrogen and oxygen atoms in total. The fourth-order valence-corrected chi connectivity index (χ4v) is 9.72. The number of hydrogen-bond acceptors (Lipinski definition) is 14. The van der Waals surface area contributed by atoms with E-state index in [1.165, 1.54) is 24.3 Å². The number of nitro groups is 2. The van der Waals surface area contributed by atoms with Crippen molar-refractivity contribution in [3.8, 4) is 17.2 Å². The predicted molar refractivity (Wildman–Crippen MR) is 238 cm³/mol. The molecule has 3 N–H and O–H groups in total. The third-order valence-corrected chi connectivity index (χ3v) is 12.8. The molecule has 0 saturated heterocycles. The van der Waals surface area contributed by atoms with E-state index < -0.39 is 27.6 Å². The number of hydrogen-bond donors (Lipinski definition) is 3. The van der Waals surface area contributed by atoms with Crippen LogP contribution in [0.4, 0.5) is 11.4 Å². The molecule has 2 saturated carbocycles. The van der Waals surface area contributed by atoms with E-state index in [2.05, 4.69) is 12.7 Å². The van der Waals surface area contributed by atoms with Crippen LogP contribution in [0.15, 0.2) is 96.2 Å². The van der Waals surface area contributed by atoms with Crippen molar-refractivity contribution in [2.45, 2.75) is 82.1 Å². The molecule has 65 heavy (non-hydrogen) atoms. The number of aliphatic hydroxyl groups excluding tert-OH is 3. The Labute approximate surface area is 377 Å². The number of ether oxygens (including phenoxy) is 4. The van der Waals surface area contributed by atoms with Gasteiger partial charge in [-0.25, -0.2) is 0 Å². The Bertz CT molecular complexity index is 2210. The smallest absolute Gasteiger partial charge is 0.273 e. The topological polar surface area (TPSA) is 226 Å². The number of fused-ring (bicyclic) bond motifs is 2. The minimum absolute atomic E-state index is 0.00670. The second kappa shape index (κ2) is 22.0. The lowest BCUT2D eigenvalue weighted by molar-refractivity contribution is -0.385. The Hall–Kier alpha value is -5.72. The number of nitro benzene ring substituents is 2. The number of aliphatic hydroxyl groups is 3. The zero-order valence-electron chi connectivity index (χ0n) is 36.4. The minimum Gasteiger partial charge on any atom is -0.459 e. The molecule has 348 valence electrons. The average molecular weight is 899 g/mol. The summed E-state index contributed by atoms with van der Waals surface area (Å²) in [5.74, 6) is -1.66. The van der Waals surface area contributed by atoms with Gasteiger partial charge in [0, 0.05) is 61.8 Å². The Kier molecular flexibility index (Phi) is 16.0. The predicted octanol–water partition coefficient (Wildman–Crippen LogP) is 7.38. The van der Waals surface area contributed by atoms with Crippen LogP contribution in [0, 0.1) is 43.9 Å². The summed E-state index contributed by atoms with van der Waals surface area (Å²) in [5.41, 5.74) is 2.69. The second-order valence-electron chi connectivity index (χ2n) is 17.0. The molecule has 3 aliphatic carbocycles. The van der Waals surface area contributed by atoms with Gasteiger partial charge in [0.2, 0.25) is 11.7 Å². The van der Waals surface area contributed by atoms with Crippen molar-refractivity contribution in [1.29, 1.82) is 0 Å². The van der Waals surface area contributed by atoms with E-state index in [0.29, 0.717) is 48.5 Å². The Morgan fingerprint density at radius 3 is 2.34 bits per heavy atom. The Morgan fingerprint density at radius 2 is 1.65 bits per heavy atom. The second-order valence-corrected chi connectivity index (χ2v) is 17.0. The summed E-state index contributed by atoms with van der Waals surface area (Å²) >= 11 is 0. The largest absolute Gasteiger partial charge is 0.459 e. The van der Waals surface area contributed by atoms with Gasteiger partial charge in [-0.15, -0.1) is 6.58 Å². The highest BCUT2D eigenvalue weighted by molar-refractivity contribution is 6.03. The van der Waals surface area contributed by atoms with Crippen molar-refractivity contribution in [1.82, 2.24) is 4.90 Å². The molecule has 0 aromatic heterocycles. The van der Waals surface area contributed by atoms with Crippen LogP contribution in [0.2, 0.25) is 0 Å². The van der Waals surface area contributed by atoms with Crippen LogP contribution in [0.1, 0.15) is 74.8 Å². The molecule has 0 radical (unpaired) electrons. The van der Waals surface area contributed by atoms with Crippen molar-refractivity contribution in [2.24, 2.45) is 28.8 Å². The molecule has 4 aliphatic rings. The minimum atomic E-state index is -1.51. The number of carbonyl (C=O) groups excluding carboxylic acids is 1. The molecule has 7 rings (SSSR count). The van der Waals surface area contributed by atoms with Gasteiger partial charge in [-0.3, -0.25) is 25.0 Å². The number of unbranched alkanes of at least 4 members (excludes halogenated alkanes) is 2. The van der Waals surface area contributed by atoms with Crippen LogP contribution in [0.3, 0.4) is 0 Å². The van der Waals surface area contributed by atoms with E-state index in [1.54, 1.807) is 41.3 Å². The van der Waals surface area contributed by atoms with Crippen LogP contribution in [0.25, 0.3) is 0 Å². The van der Waals surface area contributed by atoms with Gasteiger partial charge in [-0.1, -0.05) is 36.2 Å². The molecule has 0 spiro atoms. The first-order valence-corrected chi connectivity index (χ1v) is 22.5. The molecule has 2 fully saturated rings. The number of nitrogens with zero attached hydrogens (tertiary/aromatic N) is 4. The number of oxime groups is 1. The zero-order chi connectivity index (χ0) is 45.9. The summed E-state index contributed by atoms with van der Waals surface area (Å²) in [6, 6.07) is 16.7. The third kappa shape index (κ3) is 10.9. The number of rotatable bonds is 25. The summed E-state index contributed by atoms with van der Waals surface area (Å²) < 4.78 is 26.4. The van der Waals surface area contributed by atoms with Gasteiger partial charge in [-0.05, 0) is 97.9 Å². The first-order chi connectivity index (χ1) is 31.6. The van der Waals surface area contributed by atoms with Gasteiger partial charge < -0.3 is 44.0 Å². The lowest BCUT2D eigenvalue weighted by Crippen LogP contribution is -2.70. The molecule has 1 heterocycles. The number of non-ortho nitro benzene ring substituents is 2. The highest BCUT2D eigenvalue weighted by Gasteiger charge is 2.66. The van der Waals surface area contributed by atoms with Crippen molar-refractivity contribution in [2.75, 3.05) is 46.2 Å². The van der Waals surface area contributed by atoms with Crippen LogP contribution in [0.5, 0.6) is 17.2 Å². The molecule has 3 aromatic carbocycles. The number of carbonyl (C=O) groups is 1. The van der Waals surface area contributed by atoms with E-state index in [9.17, 15) is 40.3 Å². The maximum atomic E-state index is 14.6. The first kappa shape index (κ1) is 47.2. The first-order valence-electron chi connectivity index (χ1n) is 22.5. The molecule has 6 unspecified atom stereocenters. The lowest BCUT2D eigenvalue weighted by atomic mass is 9.55. The molecule has 3 aromatic rings. The Morgan fingerprint density at radius 1 is 0.908 bits per heavy atom. The monoisotopic (exact) mass is 898 g/mol. The molecule has 6 atom stereocenters. The van der Waals surface area contributed by atoms with E-state index in [1.807, 2.05) is 12.1 Å². The highest BCUT2D eigenvalue weighted by atomic mass is 16.7. The van der Waals surface area contributed by atoms with Gasteiger partial charge in [0.1, 0.15) is 29.9 Å². The standard InChI is InChI=1S/C48H58N4O13/c1-2-24-62-48-44(50(20-25-61-26-23-55)47(56)33-14-15-33)30-42(49-63-31-32-12-16-35(17-13-32)51(57)58)40-27-34(8-3-5-21-53)39(11-4-6-22-54)45(46(40)48)41-29-38(18-19-43(41)65-48)64-37-10-7-9-36(28-37)52(59)60/h2,7,9-10,12-13,16-19,27-29,33-34,39,44-46,53-55H,1,3-6,8,11,14-15,20-26,30-31H2. The van der Waals surface area contributed by atoms with Crippen molar-refractivity contribution in [3.63, 3.8) is 0 Å². The zero-order valence-corrected chi connectivity index (χ0v) is 36.4. The highest BCUT2D eigenvalue weighted by Crippen LogP contribution is 2.62. The summed E-state index contributed by atoms with van der Waals surface area (Å²) in [6.45, 7) is 4.34. The van der Waals surface area contributed by atoms with Crippen LogP contribution >= 0.6 is 0 Å². The average Bonchev–Trinajstić information content (AvgIpc) is 4.16. The van der Waals surface area contributed by atoms with Crippen LogP contribution in [-0.2, 0) is 25.7 Å². The quantitative estimate of drug-likeness (QED) is 0.0327. The van der Waals surface area contributed by atoms with E-state index in [-0.39, 0.29) is 106 Å². The Balaban J connectivity index is 1.41. The lowest BCUT2D eigenvalue weighted by Gasteiger charge is -2.60. The molecule has 0 bridgehead atoms. The van der Waals surface area contributed by atoms with Gasteiger partial charge in [0.15, 0.2) is 0 Å². The van der Waals surface area contributed by atoms with Crippen molar-refractivity contribution in [3.05, 3.63) is 122 Å². The normalized spacial score (nSPS) is 23.6. The van der Waals surface area contributed by atoms with E-state index in [4.69, 9.17) is 28.9 Å². The number of benzene rings is 3. The summed E-state index contributed by atoms with van der Waals surface area (Å²) in [5, 5.41) is 57.3. The molecular weight excluding hydrogens is 841 g/mol. The fraction of sp³-hybridized carbons (Fsp3) is 0.500. The molecular formula is C48H58N4O13. The molecule has 1 aliphatic heterocycles. The number of allylic oxidation sites excluding steroid dienone is 1. The van der Waals surface area contributed by atoms with Crippen LogP contribution in [-0.4, -0.2) is 99.7 Å². The van der Waals surface area contributed by atoms with Gasteiger partial charge >= 0.3 is 0 Å². The fourth-order valence-electron chi connectivity index (χ4n) is 9.72. The van der Waals surface area contributed by atoms with Crippen molar-refractivity contribution < 1.29 is 53.7 Å². The van der Waals surface area contributed by atoms with E-state index >= 15 is 0 Å². The summed E-state index contributed by atoms with van der Waals surface area (Å²) in [6.07, 6.45) is 9.56. The van der Waals surface area contributed by atoms with Gasteiger partial charge in [0.05, 0.1) is 54.0 Å². The van der Waals surface area contributed by atoms with Crippen LogP contribution < -0.4 is 9.47 Å². The van der Waals surface area contributed by atoms with Gasteiger partial charge in [-0.2, -0.15) is 0 Å². The van der Waals surface area contributed by atoms with E-state index in [0.717, 1.165) is 36.8 Å². The SMILES string of the molecule is C=CCOC12Oc3ccc(Oc4cccc([N+](=O)[O-])c4)cc3C3C(CCCCO)C(CCCCO)C=C(C(=NOCc4ccc([N+](=O)[O-])cc4)CC1N(CCOCCO)C(=O)C1CC1)C32. The summed E-state index contributed by atoms with van der Waals surface area (Å²) in [4.78, 5) is 44.6. The maximum absolute atomic E-state index is 14.6.